The summed E-state index contributed by atoms with van der Waals surface area (Å²) in [6.45, 7) is 4.12. The molecular weight excluding hydrogens is 256 g/mol. The largest absolute Gasteiger partial charge is 0.329 e. The van der Waals surface area contributed by atoms with Gasteiger partial charge in [0.15, 0.2) is 0 Å². The van der Waals surface area contributed by atoms with E-state index in [9.17, 15) is 8.42 Å². The van der Waals surface area contributed by atoms with Crippen LogP contribution in [0.2, 0.25) is 0 Å². The predicted molar refractivity (Wildman–Crippen MR) is 69.7 cm³/mol. The first kappa shape index (κ1) is 13.0. The van der Waals surface area contributed by atoms with Crippen LogP contribution >= 0.6 is 11.3 Å². The first-order chi connectivity index (χ1) is 7.94. The Hall–Kier alpha value is -0.430. The maximum absolute atomic E-state index is 12.2. The first-order valence-electron chi connectivity index (χ1n) is 5.73. The number of aryl methyl sites for hydroxylation is 2. The van der Waals surface area contributed by atoms with E-state index in [4.69, 9.17) is 5.73 Å². The fourth-order valence-electron chi connectivity index (χ4n) is 1.97. The fraction of sp³-hybridized carbons (Fsp3) is 0.636. The molecule has 1 aromatic rings. The molecule has 1 saturated carbocycles. The minimum absolute atomic E-state index is 0.111. The molecule has 6 heteroatoms. The van der Waals surface area contributed by atoms with Crippen molar-refractivity contribution in [3.05, 3.63) is 15.8 Å². The van der Waals surface area contributed by atoms with E-state index in [1.165, 1.54) is 11.3 Å². The second kappa shape index (κ2) is 4.68. The van der Waals surface area contributed by atoms with Gasteiger partial charge in [0.2, 0.25) is 10.0 Å². The monoisotopic (exact) mass is 274 g/mol. The van der Waals surface area contributed by atoms with E-state index in [-0.39, 0.29) is 6.04 Å². The topological polar surface area (TPSA) is 72.2 Å². The van der Waals surface area contributed by atoms with Gasteiger partial charge in [-0.15, -0.1) is 11.3 Å². The Morgan fingerprint density at radius 2 is 2.18 bits per heavy atom. The highest BCUT2D eigenvalue weighted by atomic mass is 32.2. The highest BCUT2D eigenvalue weighted by Crippen LogP contribution is 2.33. The van der Waals surface area contributed by atoms with Gasteiger partial charge >= 0.3 is 0 Å². The zero-order chi connectivity index (χ0) is 12.6. The predicted octanol–water partition coefficient (Wildman–Crippen LogP) is 1.38. The van der Waals surface area contributed by atoms with Crippen LogP contribution in [0, 0.1) is 19.8 Å². The van der Waals surface area contributed by atoms with Gasteiger partial charge in [0.1, 0.15) is 0 Å². The third kappa shape index (κ3) is 2.88. The van der Waals surface area contributed by atoms with Crippen molar-refractivity contribution >= 4 is 21.4 Å². The molecule has 17 heavy (non-hydrogen) atoms. The Kier molecular flexibility index (Phi) is 3.58. The molecule has 0 saturated heterocycles. The lowest BCUT2D eigenvalue weighted by atomic mass is 10.2. The summed E-state index contributed by atoms with van der Waals surface area (Å²) in [7, 11) is -3.41. The van der Waals surface area contributed by atoms with Crippen molar-refractivity contribution < 1.29 is 8.42 Å². The summed E-state index contributed by atoms with van der Waals surface area (Å²) < 4.78 is 27.1. The van der Waals surface area contributed by atoms with E-state index in [0.717, 1.165) is 22.6 Å². The zero-order valence-electron chi connectivity index (χ0n) is 10.1. The molecule has 0 aromatic carbocycles. The van der Waals surface area contributed by atoms with E-state index in [2.05, 4.69) is 4.72 Å². The van der Waals surface area contributed by atoms with Crippen molar-refractivity contribution in [2.24, 2.45) is 11.7 Å². The molecule has 3 N–H and O–H groups in total. The average Bonchev–Trinajstić information content (AvgIpc) is 3.01. The summed E-state index contributed by atoms with van der Waals surface area (Å²) in [5.74, 6) is 0.426. The zero-order valence-corrected chi connectivity index (χ0v) is 11.7. The molecule has 1 heterocycles. The molecule has 1 aromatic heterocycles. The van der Waals surface area contributed by atoms with Crippen LogP contribution in [0.4, 0.5) is 0 Å². The van der Waals surface area contributed by atoms with Crippen molar-refractivity contribution in [2.45, 2.75) is 37.6 Å². The summed E-state index contributed by atoms with van der Waals surface area (Å²) in [5, 5.41) is 0. The summed E-state index contributed by atoms with van der Waals surface area (Å²) in [6.07, 6.45) is 2.15. The number of rotatable bonds is 5. The molecule has 0 radical (unpaired) electrons. The smallest absolute Gasteiger partial charge is 0.241 e. The summed E-state index contributed by atoms with van der Waals surface area (Å²) in [4.78, 5) is 2.25. The average molecular weight is 274 g/mol. The number of thiophene rings is 1. The van der Waals surface area contributed by atoms with Crippen LogP contribution in [-0.2, 0) is 10.0 Å². The van der Waals surface area contributed by atoms with E-state index in [0.29, 0.717) is 17.4 Å². The van der Waals surface area contributed by atoms with Crippen molar-refractivity contribution in [3.8, 4) is 0 Å². The molecule has 2 rings (SSSR count). The van der Waals surface area contributed by atoms with Gasteiger partial charge in [-0.05, 0) is 38.7 Å². The van der Waals surface area contributed by atoms with Crippen molar-refractivity contribution in [1.29, 1.82) is 0 Å². The van der Waals surface area contributed by atoms with Crippen LogP contribution in [-0.4, -0.2) is 21.0 Å². The molecule has 1 unspecified atom stereocenters. The Morgan fingerprint density at radius 3 is 2.59 bits per heavy atom. The number of nitrogens with one attached hydrogen (secondary N) is 1. The van der Waals surface area contributed by atoms with Gasteiger partial charge in [0.05, 0.1) is 4.90 Å². The van der Waals surface area contributed by atoms with Gasteiger partial charge < -0.3 is 5.73 Å². The first-order valence-corrected chi connectivity index (χ1v) is 8.03. The highest BCUT2D eigenvalue weighted by molar-refractivity contribution is 7.89. The van der Waals surface area contributed by atoms with Gasteiger partial charge in [-0.2, -0.15) is 0 Å². The second-order valence-corrected chi connectivity index (χ2v) is 7.72. The third-order valence-electron chi connectivity index (χ3n) is 3.04. The maximum Gasteiger partial charge on any atom is 0.241 e. The standard InChI is InChI=1S/C11H18N2O2S2/c1-7-5-11(8(2)16-7)17(14,15)13-10(6-12)9-3-4-9/h5,9-10,13H,3-4,6,12H2,1-2H3. The Bertz CT molecular complexity index is 504. The minimum Gasteiger partial charge on any atom is -0.329 e. The normalized spacial score (nSPS) is 18.3. The molecule has 1 fully saturated rings. The van der Waals surface area contributed by atoms with E-state index in [1.807, 2.05) is 13.8 Å². The number of hydrogen-bond acceptors (Lipinski definition) is 4. The lowest BCUT2D eigenvalue weighted by molar-refractivity contribution is 0.519. The summed E-state index contributed by atoms with van der Waals surface area (Å²) in [6, 6.07) is 1.61. The van der Waals surface area contributed by atoms with Crippen LogP contribution < -0.4 is 10.5 Å². The lowest BCUT2D eigenvalue weighted by Crippen LogP contribution is -2.41. The molecule has 4 nitrogen and oxygen atoms in total. The minimum atomic E-state index is -3.41. The van der Waals surface area contributed by atoms with E-state index >= 15 is 0 Å². The van der Waals surface area contributed by atoms with Crippen LogP contribution in [0.3, 0.4) is 0 Å². The van der Waals surface area contributed by atoms with Crippen molar-refractivity contribution in [1.82, 2.24) is 4.72 Å². The number of nitrogens with two attached hydrogens (primary N) is 1. The highest BCUT2D eigenvalue weighted by Gasteiger charge is 2.34. The molecule has 0 aliphatic heterocycles. The molecule has 1 aliphatic carbocycles. The second-order valence-electron chi connectivity index (χ2n) is 4.58. The van der Waals surface area contributed by atoms with Gasteiger partial charge in [-0.1, -0.05) is 0 Å². The van der Waals surface area contributed by atoms with Gasteiger partial charge in [0, 0.05) is 22.3 Å². The molecule has 0 amide bonds. The SMILES string of the molecule is Cc1cc(S(=O)(=O)NC(CN)C2CC2)c(C)s1. The fourth-order valence-corrected chi connectivity index (χ4v) is 4.84. The molecule has 0 spiro atoms. The Morgan fingerprint density at radius 1 is 1.53 bits per heavy atom. The van der Waals surface area contributed by atoms with Crippen LogP contribution in [0.1, 0.15) is 22.6 Å². The lowest BCUT2D eigenvalue weighted by Gasteiger charge is -2.15. The van der Waals surface area contributed by atoms with Gasteiger partial charge in [0.25, 0.3) is 0 Å². The Balaban J connectivity index is 2.21. The number of sulfonamides is 1. The number of hydrogen-bond donors (Lipinski definition) is 2. The van der Waals surface area contributed by atoms with Gasteiger partial charge in [-0.3, -0.25) is 0 Å². The van der Waals surface area contributed by atoms with Gasteiger partial charge in [-0.25, -0.2) is 13.1 Å². The van der Waals surface area contributed by atoms with Crippen molar-refractivity contribution in [3.63, 3.8) is 0 Å². The van der Waals surface area contributed by atoms with Crippen LogP contribution in [0.5, 0.6) is 0 Å². The molecule has 1 aliphatic rings. The van der Waals surface area contributed by atoms with E-state index < -0.39 is 10.0 Å². The quantitative estimate of drug-likeness (QED) is 0.852. The summed E-state index contributed by atoms with van der Waals surface area (Å²) in [5.41, 5.74) is 5.62. The Labute approximate surface area is 106 Å². The molecule has 1 atom stereocenters. The molecule has 0 bridgehead atoms. The van der Waals surface area contributed by atoms with Crippen molar-refractivity contribution in [2.75, 3.05) is 6.54 Å². The maximum atomic E-state index is 12.2. The molecule has 96 valence electrons. The molecular formula is C11H18N2O2S2. The third-order valence-corrected chi connectivity index (χ3v) is 5.75. The van der Waals surface area contributed by atoms with Crippen LogP contribution in [0.15, 0.2) is 11.0 Å². The van der Waals surface area contributed by atoms with Crippen LogP contribution in [0.25, 0.3) is 0 Å². The summed E-state index contributed by atoms with van der Waals surface area (Å²) >= 11 is 1.50. The van der Waals surface area contributed by atoms with E-state index in [1.54, 1.807) is 6.07 Å².